The summed E-state index contributed by atoms with van der Waals surface area (Å²) in [4.78, 5) is 12.3. The number of carbonyl (C=O) groups is 1. The predicted molar refractivity (Wildman–Crippen MR) is 69.7 cm³/mol. The standard InChI is InChI=1S/C13H15F2NO2.ClH/c14-13(15)9-16(7-6-11(13)12(17)18)8-10-4-2-1-3-5-10;/h1-5,11H,6-9H2,(H,17,18);1H. The summed E-state index contributed by atoms with van der Waals surface area (Å²) < 4.78 is 27.3. The molecule has 0 radical (unpaired) electrons. The van der Waals surface area contributed by atoms with Gasteiger partial charge in [0.1, 0.15) is 5.92 Å². The molecule has 1 aliphatic rings. The number of likely N-dealkylation sites (tertiary alicyclic amines) is 1. The lowest BCUT2D eigenvalue weighted by molar-refractivity contribution is -0.167. The van der Waals surface area contributed by atoms with Crippen molar-refractivity contribution in [2.75, 3.05) is 13.1 Å². The van der Waals surface area contributed by atoms with Crippen molar-refractivity contribution in [2.24, 2.45) is 5.92 Å². The second-order valence-corrected chi connectivity index (χ2v) is 4.64. The third-order valence-corrected chi connectivity index (χ3v) is 3.23. The molecule has 0 saturated carbocycles. The van der Waals surface area contributed by atoms with Gasteiger partial charge >= 0.3 is 5.97 Å². The number of benzene rings is 1. The van der Waals surface area contributed by atoms with Crippen LogP contribution in [-0.4, -0.2) is 35.0 Å². The van der Waals surface area contributed by atoms with Crippen LogP contribution in [-0.2, 0) is 11.3 Å². The molecule has 1 aromatic rings. The number of piperidine rings is 1. The van der Waals surface area contributed by atoms with Gasteiger partial charge in [0.25, 0.3) is 5.92 Å². The highest BCUT2D eigenvalue weighted by Gasteiger charge is 2.48. The fourth-order valence-electron chi connectivity index (χ4n) is 2.29. The monoisotopic (exact) mass is 291 g/mol. The summed E-state index contributed by atoms with van der Waals surface area (Å²) in [5.74, 6) is -6.11. The molecule has 1 aliphatic heterocycles. The number of carboxylic acid groups (broad SMARTS) is 1. The van der Waals surface area contributed by atoms with E-state index in [1.165, 1.54) is 0 Å². The zero-order valence-corrected chi connectivity index (χ0v) is 11.1. The Bertz CT molecular complexity index is 428. The number of rotatable bonds is 3. The summed E-state index contributed by atoms with van der Waals surface area (Å²) >= 11 is 0. The molecule has 0 aromatic heterocycles. The maximum atomic E-state index is 13.6. The van der Waals surface area contributed by atoms with Crippen LogP contribution in [0.2, 0.25) is 0 Å². The van der Waals surface area contributed by atoms with Gasteiger partial charge < -0.3 is 5.11 Å². The van der Waals surface area contributed by atoms with Crippen LogP contribution in [0, 0.1) is 5.92 Å². The second-order valence-electron chi connectivity index (χ2n) is 4.64. The van der Waals surface area contributed by atoms with Gasteiger partial charge in [-0.2, -0.15) is 0 Å². The number of aliphatic carboxylic acids is 1. The average Bonchev–Trinajstić information content (AvgIpc) is 2.28. The van der Waals surface area contributed by atoms with Gasteiger partial charge in [-0.25, -0.2) is 8.78 Å². The minimum absolute atomic E-state index is 0. The molecule has 2 rings (SSSR count). The van der Waals surface area contributed by atoms with Crippen LogP contribution in [0.1, 0.15) is 12.0 Å². The normalized spacial score (nSPS) is 22.5. The largest absolute Gasteiger partial charge is 0.481 e. The molecule has 1 unspecified atom stereocenters. The Kier molecular flexibility index (Phi) is 5.26. The maximum absolute atomic E-state index is 13.6. The number of hydrogen-bond acceptors (Lipinski definition) is 2. The van der Waals surface area contributed by atoms with Crippen molar-refractivity contribution in [1.82, 2.24) is 4.90 Å². The van der Waals surface area contributed by atoms with E-state index >= 15 is 0 Å². The van der Waals surface area contributed by atoms with Crippen molar-refractivity contribution in [3.05, 3.63) is 35.9 Å². The lowest BCUT2D eigenvalue weighted by Crippen LogP contribution is -2.50. The van der Waals surface area contributed by atoms with Crippen molar-refractivity contribution in [1.29, 1.82) is 0 Å². The zero-order chi connectivity index (χ0) is 13.2. The fourth-order valence-corrected chi connectivity index (χ4v) is 2.29. The molecule has 0 spiro atoms. The summed E-state index contributed by atoms with van der Waals surface area (Å²) in [6.07, 6.45) is -0.00479. The first-order chi connectivity index (χ1) is 8.49. The molecule has 1 atom stereocenters. The van der Waals surface area contributed by atoms with Crippen molar-refractivity contribution in [3.8, 4) is 0 Å². The first-order valence-electron chi connectivity index (χ1n) is 5.86. The van der Waals surface area contributed by atoms with Crippen LogP contribution in [0.4, 0.5) is 8.78 Å². The number of hydrogen-bond donors (Lipinski definition) is 1. The summed E-state index contributed by atoms with van der Waals surface area (Å²) in [6, 6.07) is 9.34. The molecule has 1 N–H and O–H groups in total. The topological polar surface area (TPSA) is 40.5 Å². The maximum Gasteiger partial charge on any atom is 0.312 e. The van der Waals surface area contributed by atoms with Crippen LogP contribution < -0.4 is 0 Å². The molecule has 0 aliphatic carbocycles. The van der Waals surface area contributed by atoms with Crippen molar-refractivity contribution >= 4 is 18.4 Å². The minimum atomic E-state index is -3.15. The fraction of sp³-hybridized carbons (Fsp3) is 0.462. The molecule has 1 saturated heterocycles. The molecule has 1 fully saturated rings. The molecule has 0 bridgehead atoms. The van der Waals surface area contributed by atoms with E-state index in [4.69, 9.17) is 5.11 Å². The van der Waals surface area contributed by atoms with E-state index in [-0.39, 0.29) is 18.8 Å². The van der Waals surface area contributed by atoms with Gasteiger partial charge in [0, 0.05) is 6.54 Å². The SMILES string of the molecule is Cl.O=C(O)C1CCN(Cc2ccccc2)CC1(F)F. The van der Waals surface area contributed by atoms with E-state index < -0.39 is 24.4 Å². The van der Waals surface area contributed by atoms with E-state index in [2.05, 4.69) is 0 Å². The van der Waals surface area contributed by atoms with Crippen LogP contribution >= 0.6 is 12.4 Å². The van der Waals surface area contributed by atoms with E-state index in [1.54, 1.807) is 4.90 Å². The van der Waals surface area contributed by atoms with Crippen LogP contribution in [0.15, 0.2) is 30.3 Å². The van der Waals surface area contributed by atoms with Gasteiger partial charge in [-0.3, -0.25) is 9.69 Å². The highest BCUT2D eigenvalue weighted by atomic mass is 35.5. The van der Waals surface area contributed by atoms with Gasteiger partial charge in [-0.05, 0) is 18.5 Å². The Balaban J connectivity index is 0.00000180. The van der Waals surface area contributed by atoms with E-state index in [0.717, 1.165) is 5.56 Å². The third-order valence-electron chi connectivity index (χ3n) is 3.23. The number of nitrogens with zero attached hydrogens (tertiary/aromatic N) is 1. The van der Waals surface area contributed by atoms with Crippen LogP contribution in [0.3, 0.4) is 0 Å². The molecular weight excluding hydrogens is 276 g/mol. The quantitative estimate of drug-likeness (QED) is 0.931. The predicted octanol–water partition coefficient (Wildman–Crippen LogP) is 2.65. The first kappa shape index (κ1) is 15.9. The number of carboxylic acids is 1. The summed E-state index contributed by atoms with van der Waals surface area (Å²) in [7, 11) is 0. The lowest BCUT2D eigenvalue weighted by Gasteiger charge is -2.36. The van der Waals surface area contributed by atoms with Gasteiger partial charge in [0.05, 0.1) is 6.54 Å². The first-order valence-corrected chi connectivity index (χ1v) is 5.86. The Morgan fingerprint density at radius 1 is 1.37 bits per heavy atom. The zero-order valence-electron chi connectivity index (χ0n) is 10.3. The third kappa shape index (κ3) is 3.88. The van der Waals surface area contributed by atoms with E-state index in [9.17, 15) is 13.6 Å². The molecule has 1 aromatic carbocycles. The second kappa shape index (κ2) is 6.30. The van der Waals surface area contributed by atoms with Crippen LogP contribution in [0.5, 0.6) is 0 Å². The highest BCUT2D eigenvalue weighted by Crippen LogP contribution is 2.33. The molecule has 1 heterocycles. The summed E-state index contributed by atoms with van der Waals surface area (Å²) in [5, 5.41) is 8.75. The molecule has 3 nitrogen and oxygen atoms in total. The smallest absolute Gasteiger partial charge is 0.312 e. The van der Waals surface area contributed by atoms with Crippen LogP contribution in [0.25, 0.3) is 0 Å². The van der Waals surface area contributed by atoms with Crippen molar-refractivity contribution < 1.29 is 18.7 Å². The lowest BCUT2D eigenvalue weighted by atomic mass is 9.92. The Morgan fingerprint density at radius 3 is 2.53 bits per heavy atom. The molecular formula is C13H16ClF2NO2. The minimum Gasteiger partial charge on any atom is -0.481 e. The van der Waals surface area contributed by atoms with E-state index in [1.807, 2.05) is 30.3 Å². The molecule has 106 valence electrons. The summed E-state index contributed by atoms with van der Waals surface area (Å²) in [5.41, 5.74) is 0.960. The molecule has 6 heteroatoms. The Labute approximate surface area is 116 Å². The van der Waals surface area contributed by atoms with Crippen molar-refractivity contribution in [3.63, 3.8) is 0 Å². The van der Waals surface area contributed by atoms with Crippen molar-refractivity contribution in [2.45, 2.75) is 18.9 Å². The molecule has 19 heavy (non-hydrogen) atoms. The summed E-state index contributed by atoms with van der Waals surface area (Å²) in [6.45, 7) is 0.336. The van der Waals surface area contributed by atoms with E-state index in [0.29, 0.717) is 13.1 Å². The Morgan fingerprint density at radius 2 is 2.00 bits per heavy atom. The highest BCUT2D eigenvalue weighted by molar-refractivity contribution is 5.85. The van der Waals surface area contributed by atoms with Gasteiger partial charge in [0.15, 0.2) is 0 Å². The molecule has 0 amide bonds. The number of alkyl halides is 2. The van der Waals surface area contributed by atoms with Gasteiger partial charge in [0.2, 0.25) is 0 Å². The Hall–Kier alpha value is -1.20. The average molecular weight is 292 g/mol. The number of halogens is 3. The van der Waals surface area contributed by atoms with Gasteiger partial charge in [-0.1, -0.05) is 30.3 Å². The van der Waals surface area contributed by atoms with Gasteiger partial charge in [-0.15, -0.1) is 12.4 Å².